The van der Waals surface area contributed by atoms with E-state index < -0.39 is 0 Å². The molecule has 0 radical (unpaired) electrons. The highest BCUT2D eigenvalue weighted by atomic mass is 16.5. The topological polar surface area (TPSA) is 77.7 Å². The highest BCUT2D eigenvalue weighted by Gasteiger charge is 2.16. The first-order valence-corrected chi connectivity index (χ1v) is 8.46. The largest absolute Gasteiger partial charge is 0.493 e. The molecule has 27 heavy (non-hydrogen) atoms. The number of methoxy groups -OCH3 is 1. The number of benzene rings is 2. The molecule has 7 heteroatoms. The lowest BCUT2D eigenvalue weighted by molar-refractivity contribution is -0.132. The molecule has 0 saturated carbocycles. The van der Waals surface area contributed by atoms with Gasteiger partial charge in [0.05, 0.1) is 13.7 Å². The summed E-state index contributed by atoms with van der Waals surface area (Å²) in [6.45, 7) is 2.08. The van der Waals surface area contributed by atoms with Crippen LogP contribution in [-0.2, 0) is 11.3 Å². The van der Waals surface area contributed by atoms with Gasteiger partial charge >= 0.3 is 0 Å². The lowest BCUT2D eigenvalue weighted by Crippen LogP contribution is -2.31. The maximum atomic E-state index is 12.3. The molecule has 3 rings (SSSR count). The smallest absolute Gasteiger partial charge is 0.260 e. The summed E-state index contributed by atoms with van der Waals surface area (Å²) >= 11 is 0. The van der Waals surface area contributed by atoms with Gasteiger partial charge in [0, 0.05) is 12.6 Å². The number of likely N-dealkylation sites (N-methyl/N-ethyl adjacent to an activating group) is 1. The minimum absolute atomic E-state index is 0.115. The van der Waals surface area contributed by atoms with Gasteiger partial charge in [-0.05, 0) is 25.1 Å². The van der Waals surface area contributed by atoms with E-state index in [0.29, 0.717) is 23.2 Å². The van der Waals surface area contributed by atoms with Gasteiger partial charge in [-0.2, -0.15) is 4.98 Å². The first-order chi connectivity index (χ1) is 13.1. The number of rotatable bonds is 7. The molecule has 0 saturated heterocycles. The summed E-state index contributed by atoms with van der Waals surface area (Å²) in [4.78, 5) is 18.1. The van der Waals surface area contributed by atoms with Crippen LogP contribution in [0.3, 0.4) is 0 Å². The van der Waals surface area contributed by atoms with Crippen LogP contribution in [0, 0.1) is 6.92 Å². The van der Waals surface area contributed by atoms with Crippen LogP contribution in [0.2, 0.25) is 0 Å². The van der Waals surface area contributed by atoms with Crippen LogP contribution < -0.4 is 9.47 Å². The fourth-order valence-electron chi connectivity index (χ4n) is 2.50. The standard InChI is InChI=1S/C20H21N3O4/c1-14-7-6-8-15(11-14)20-21-18(27-22-20)12-23(2)19(24)13-26-17-10-5-4-9-16(17)25-3/h4-11H,12-13H2,1-3H3. The number of hydrogen-bond donors (Lipinski definition) is 0. The molecule has 0 N–H and O–H groups in total. The van der Waals surface area contributed by atoms with E-state index >= 15 is 0 Å². The Labute approximate surface area is 157 Å². The van der Waals surface area contributed by atoms with Crippen molar-refractivity contribution in [3.05, 3.63) is 60.0 Å². The molecule has 1 amide bonds. The fraction of sp³-hybridized carbons (Fsp3) is 0.250. The second-order valence-corrected chi connectivity index (χ2v) is 6.07. The van der Waals surface area contributed by atoms with Crippen molar-refractivity contribution in [3.8, 4) is 22.9 Å². The van der Waals surface area contributed by atoms with Crippen molar-refractivity contribution in [1.82, 2.24) is 15.0 Å². The van der Waals surface area contributed by atoms with E-state index in [2.05, 4.69) is 10.1 Å². The molecule has 2 aromatic carbocycles. The van der Waals surface area contributed by atoms with Crippen LogP contribution in [0.25, 0.3) is 11.4 Å². The number of amides is 1. The third-order valence-electron chi connectivity index (χ3n) is 3.96. The number of carbonyl (C=O) groups excluding carboxylic acids is 1. The summed E-state index contributed by atoms with van der Waals surface area (Å²) < 4.78 is 16.0. The SMILES string of the molecule is COc1ccccc1OCC(=O)N(C)Cc1nc(-c2cccc(C)c2)no1. The van der Waals surface area contributed by atoms with Crippen LogP contribution in [0.4, 0.5) is 0 Å². The zero-order chi connectivity index (χ0) is 19.2. The summed E-state index contributed by atoms with van der Waals surface area (Å²) in [6, 6.07) is 15.0. The van der Waals surface area contributed by atoms with Crippen LogP contribution in [0.1, 0.15) is 11.5 Å². The van der Waals surface area contributed by atoms with Gasteiger partial charge in [-0.15, -0.1) is 0 Å². The van der Waals surface area contributed by atoms with Crippen LogP contribution in [-0.4, -0.2) is 41.7 Å². The summed E-state index contributed by atoms with van der Waals surface area (Å²) in [6.07, 6.45) is 0. The van der Waals surface area contributed by atoms with Gasteiger partial charge in [0.25, 0.3) is 5.91 Å². The van der Waals surface area contributed by atoms with Crippen molar-refractivity contribution in [2.75, 3.05) is 20.8 Å². The van der Waals surface area contributed by atoms with Gasteiger partial charge in [-0.3, -0.25) is 4.79 Å². The Bertz CT molecular complexity index is 923. The van der Waals surface area contributed by atoms with Gasteiger partial charge in [-0.25, -0.2) is 0 Å². The van der Waals surface area contributed by atoms with Crippen molar-refractivity contribution >= 4 is 5.91 Å². The molecule has 140 valence electrons. The molecule has 0 aliphatic carbocycles. The van der Waals surface area contributed by atoms with E-state index in [4.69, 9.17) is 14.0 Å². The predicted octanol–water partition coefficient (Wildman–Crippen LogP) is 3.09. The van der Waals surface area contributed by atoms with E-state index in [1.54, 1.807) is 26.3 Å². The molecule has 0 spiro atoms. The molecule has 0 aliphatic rings. The summed E-state index contributed by atoms with van der Waals surface area (Å²) in [5.74, 6) is 1.74. The third-order valence-corrected chi connectivity index (χ3v) is 3.96. The Morgan fingerprint density at radius 2 is 1.93 bits per heavy atom. The average molecular weight is 367 g/mol. The summed E-state index contributed by atoms with van der Waals surface area (Å²) in [5, 5.41) is 3.98. The van der Waals surface area contributed by atoms with E-state index in [9.17, 15) is 4.79 Å². The van der Waals surface area contributed by atoms with E-state index in [0.717, 1.165) is 11.1 Å². The van der Waals surface area contributed by atoms with E-state index in [1.807, 2.05) is 43.3 Å². The van der Waals surface area contributed by atoms with Crippen molar-refractivity contribution in [1.29, 1.82) is 0 Å². The predicted molar refractivity (Wildman–Crippen MR) is 99.4 cm³/mol. The minimum atomic E-state index is -0.212. The lowest BCUT2D eigenvalue weighted by atomic mass is 10.1. The number of carbonyl (C=O) groups is 1. The molecule has 1 heterocycles. The first kappa shape index (κ1) is 18.4. The van der Waals surface area contributed by atoms with Crippen molar-refractivity contribution < 1.29 is 18.8 Å². The van der Waals surface area contributed by atoms with Gasteiger partial charge in [0.15, 0.2) is 18.1 Å². The van der Waals surface area contributed by atoms with Crippen LogP contribution >= 0.6 is 0 Å². The molecule has 0 atom stereocenters. The van der Waals surface area contributed by atoms with Crippen molar-refractivity contribution in [2.45, 2.75) is 13.5 Å². The van der Waals surface area contributed by atoms with Gasteiger partial charge < -0.3 is 18.9 Å². The minimum Gasteiger partial charge on any atom is -0.493 e. The monoisotopic (exact) mass is 367 g/mol. The van der Waals surface area contributed by atoms with Crippen LogP contribution in [0.5, 0.6) is 11.5 Å². The van der Waals surface area contributed by atoms with Gasteiger partial charge in [0.2, 0.25) is 11.7 Å². The molecular weight excluding hydrogens is 346 g/mol. The molecular formula is C20H21N3O4. The molecule has 0 fully saturated rings. The summed E-state index contributed by atoms with van der Waals surface area (Å²) in [5.41, 5.74) is 1.98. The molecule has 0 bridgehead atoms. The molecule has 0 unspecified atom stereocenters. The Morgan fingerprint density at radius 3 is 2.67 bits per heavy atom. The lowest BCUT2D eigenvalue weighted by Gasteiger charge is -2.16. The van der Waals surface area contributed by atoms with Crippen LogP contribution in [0.15, 0.2) is 53.1 Å². The Morgan fingerprint density at radius 1 is 1.15 bits per heavy atom. The van der Waals surface area contributed by atoms with E-state index in [-0.39, 0.29) is 19.1 Å². The van der Waals surface area contributed by atoms with Gasteiger partial charge in [0.1, 0.15) is 0 Å². The Balaban J connectivity index is 1.58. The Hall–Kier alpha value is -3.35. The number of para-hydroxylation sites is 2. The maximum Gasteiger partial charge on any atom is 0.260 e. The quantitative estimate of drug-likeness (QED) is 0.639. The average Bonchev–Trinajstić information content (AvgIpc) is 3.14. The molecule has 1 aromatic heterocycles. The second kappa shape index (κ2) is 8.35. The maximum absolute atomic E-state index is 12.3. The third kappa shape index (κ3) is 4.63. The fourth-order valence-corrected chi connectivity index (χ4v) is 2.50. The van der Waals surface area contributed by atoms with E-state index in [1.165, 1.54) is 4.90 Å². The molecule has 7 nitrogen and oxygen atoms in total. The number of ether oxygens (including phenoxy) is 2. The Kier molecular flexibility index (Phi) is 5.71. The zero-order valence-electron chi connectivity index (χ0n) is 15.5. The normalized spacial score (nSPS) is 10.5. The highest BCUT2D eigenvalue weighted by Crippen LogP contribution is 2.25. The number of nitrogens with zero attached hydrogens (tertiary/aromatic N) is 3. The number of hydrogen-bond acceptors (Lipinski definition) is 6. The van der Waals surface area contributed by atoms with Crippen molar-refractivity contribution in [3.63, 3.8) is 0 Å². The zero-order valence-corrected chi connectivity index (χ0v) is 15.5. The first-order valence-electron chi connectivity index (χ1n) is 8.46. The number of aromatic nitrogens is 2. The highest BCUT2D eigenvalue weighted by molar-refractivity contribution is 5.77. The molecule has 3 aromatic rings. The number of aryl methyl sites for hydroxylation is 1. The van der Waals surface area contributed by atoms with Crippen molar-refractivity contribution in [2.24, 2.45) is 0 Å². The molecule has 0 aliphatic heterocycles. The second-order valence-electron chi connectivity index (χ2n) is 6.07. The van der Waals surface area contributed by atoms with Gasteiger partial charge in [-0.1, -0.05) is 41.1 Å². The summed E-state index contributed by atoms with van der Waals surface area (Å²) in [7, 11) is 3.21.